The Balaban J connectivity index is 0.00000288. The second-order valence-electron chi connectivity index (χ2n) is 6.46. The molecule has 142 valence electrons. The predicted octanol–water partition coefficient (Wildman–Crippen LogP) is 2.03. The van der Waals surface area contributed by atoms with Gasteiger partial charge in [0.25, 0.3) is 0 Å². The average Bonchev–Trinajstić information content (AvgIpc) is 3.25. The molecule has 2 aliphatic rings. The summed E-state index contributed by atoms with van der Waals surface area (Å²) in [4.78, 5) is 4.22. The summed E-state index contributed by atoms with van der Waals surface area (Å²) in [6.45, 7) is 6.91. The van der Waals surface area contributed by atoms with E-state index < -0.39 is 0 Å². The highest BCUT2D eigenvalue weighted by Gasteiger charge is 2.20. The van der Waals surface area contributed by atoms with Crippen molar-refractivity contribution in [3.8, 4) is 0 Å². The van der Waals surface area contributed by atoms with E-state index in [1.54, 1.807) is 7.05 Å². The summed E-state index contributed by atoms with van der Waals surface area (Å²) in [6, 6.07) is 0. The maximum Gasteiger partial charge on any atom is 0.190 e. The van der Waals surface area contributed by atoms with Crippen LogP contribution < -0.4 is 10.6 Å². The van der Waals surface area contributed by atoms with Crippen molar-refractivity contribution < 1.29 is 14.2 Å². The number of hydrogen-bond donors (Lipinski definition) is 2. The van der Waals surface area contributed by atoms with Crippen molar-refractivity contribution in [2.75, 3.05) is 59.8 Å². The van der Waals surface area contributed by atoms with Gasteiger partial charge in [-0.3, -0.25) is 4.99 Å². The fraction of sp³-hybridized carbons (Fsp3) is 0.941. The second-order valence-corrected chi connectivity index (χ2v) is 6.46. The van der Waals surface area contributed by atoms with Crippen LogP contribution in [0.15, 0.2) is 4.99 Å². The fourth-order valence-electron chi connectivity index (χ4n) is 2.48. The van der Waals surface area contributed by atoms with Gasteiger partial charge in [0, 0.05) is 52.5 Å². The molecule has 2 fully saturated rings. The molecule has 1 atom stereocenters. The van der Waals surface area contributed by atoms with E-state index in [0.29, 0.717) is 5.92 Å². The Bertz CT molecular complexity index is 335. The van der Waals surface area contributed by atoms with Crippen LogP contribution in [0, 0.1) is 11.8 Å². The number of halogens is 1. The van der Waals surface area contributed by atoms with Crippen LogP contribution >= 0.6 is 24.0 Å². The first-order valence-corrected chi connectivity index (χ1v) is 9.06. The van der Waals surface area contributed by atoms with Crippen LogP contribution in [-0.2, 0) is 14.2 Å². The molecule has 0 amide bonds. The van der Waals surface area contributed by atoms with E-state index in [9.17, 15) is 0 Å². The van der Waals surface area contributed by atoms with Crippen molar-refractivity contribution in [3.63, 3.8) is 0 Å². The number of aliphatic imine (C=N–C) groups is 1. The van der Waals surface area contributed by atoms with Crippen LogP contribution in [-0.4, -0.2) is 65.7 Å². The molecule has 24 heavy (non-hydrogen) atoms. The van der Waals surface area contributed by atoms with Crippen LogP contribution in [0.1, 0.15) is 32.1 Å². The topological polar surface area (TPSA) is 64.1 Å². The highest BCUT2D eigenvalue weighted by Crippen LogP contribution is 2.28. The molecule has 7 heteroatoms. The van der Waals surface area contributed by atoms with E-state index in [2.05, 4.69) is 15.6 Å². The highest BCUT2D eigenvalue weighted by molar-refractivity contribution is 14.0. The molecular weight excluding hydrogens is 421 g/mol. The van der Waals surface area contributed by atoms with Gasteiger partial charge in [0.05, 0.1) is 13.2 Å². The van der Waals surface area contributed by atoms with Crippen molar-refractivity contribution in [3.05, 3.63) is 0 Å². The molecule has 0 radical (unpaired) electrons. The first kappa shape index (κ1) is 21.9. The smallest absolute Gasteiger partial charge is 0.190 e. The Morgan fingerprint density at radius 1 is 1.00 bits per heavy atom. The van der Waals surface area contributed by atoms with E-state index in [4.69, 9.17) is 14.2 Å². The molecular formula is C17H34IN3O3. The normalized spacial score (nSPS) is 20.7. The Morgan fingerprint density at radius 2 is 1.62 bits per heavy atom. The number of nitrogens with one attached hydrogen (secondary N) is 2. The Morgan fingerprint density at radius 3 is 2.12 bits per heavy atom. The summed E-state index contributed by atoms with van der Waals surface area (Å²) in [5, 5.41) is 6.62. The van der Waals surface area contributed by atoms with Gasteiger partial charge in [-0.15, -0.1) is 24.0 Å². The lowest BCUT2D eigenvalue weighted by Crippen LogP contribution is -2.38. The quantitative estimate of drug-likeness (QED) is 0.204. The third kappa shape index (κ3) is 10.7. The average molecular weight is 455 g/mol. The van der Waals surface area contributed by atoms with E-state index in [1.807, 2.05) is 0 Å². The molecule has 0 spiro atoms. The summed E-state index contributed by atoms with van der Waals surface area (Å²) in [7, 11) is 1.80. The minimum absolute atomic E-state index is 0. The van der Waals surface area contributed by atoms with Crippen molar-refractivity contribution in [2.24, 2.45) is 16.8 Å². The number of nitrogens with zero attached hydrogens (tertiary/aromatic N) is 1. The first-order valence-electron chi connectivity index (χ1n) is 9.06. The lowest BCUT2D eigenvalue weighted by molar-refractivity contribution is 0.0888. The van der Waals surface area contributed by atoms with Crippen molar-refractivity contribution >= 4 is 29.9 Å². The Labute approximate surface area is 163 Å². The van der Waals surface area contributed by atoms with Crippen LogP contribution in [0.25, 0.3) is 0 Å². The molecule has 1 saturated heterocycles. The van der Waals surface area contributed by atoms with Crippen LogP contribution in [0.5, 0.6) is 0 Å². The van der Waals surface area contributed by atoms with Crippen molar-refractivity contribution in [2.45, 2.75) is 32.1 Å². The van der Waals surface area contributed by atoms with E-state index in [-0.39, 0.29) is 24.0 Å². The molecule has 1 heterocycles. The van der Waals surface area contributed by atoms with Crippen LogP contribution in [0.3, 0.4) is 0 Å². The van der Waals surface area contributed by atoms with Gasteiger partial charge in [0.1, 0.15) is 0 Å². The maximum absolute atomic E-state index is 5.69. The molecule has 1 unspecified atom stereocenters. The minimum Gasteiger partial charge on any atom is -0.381 e. The highest BCUT2D eigenvalue weighted by atomic mass is 127. The molecule has 0 aromatic heterocycles. The minimum atomic E-state index is 0. The fourth-order valence-corrected chi connectivity index (χ4v) is 2.48. The molecule has 1 aliphatic heterocycles. The number of hydrogen-bond acceptors (Lipinski definition) is 4. The third-order valence-electron chi connectivity index (χ3n) is 4.17. The van der Waals surface area contributed by atoms with E-state index >= 15 is 0 Å². The van der Waals surface area contributed by atoms with Gasteiger partial charge in [-0.05, 0) is 38.0 Å². The van der Waals surface area contributed by atoms with E-state index in [0.717, 1.165) is 83.9 Å². The van der Waals surface area contributed by atoms with Gasteiger partial charge < -0.3 is 24.8 Å². The monoisotopic (exact) mass is 455 g/mol. The molecule has 0 aromatic carbocycles. The van der Waals surface area contributed by atoms with Gasteiger partial charge in [-0.1, -0.05) is 0 Å². The number of guanidine groups is 1. The van der Waals surface area contributed by atoms with Gasteiger partial charge in [0.15, 0.2) is 5.96 Å². The van der Waals surface area contributed by atoms with Gasteiger partial charge in [-0.2, -0.15) is 0 Å². The lowest BCUT2D eigenvalue weighted by atomic mass is 10.1. The Kier molecular flexibility index (Phi) is 12.9. The summed E-state index contributed by atoms with van der Waals surface area (Å²) in [5.74, 6) is 2.30. The third-order valence-corrected chi connectivity index (χ3v) is 4.17. The Hall–Kier alpha value is -0.120. The van der Waals surface area contributed by atoms with Crippen molar-refractivity contribution in [1.29, 1.82) is 0 Å². The zero-order valence-electron chi connectivity index (χ0n) is 14.9. The predicted molar refractivity (Wildman–Crippen MR) is 107 cm³/mol. The van der Waals surface area contributed by atoms with Crippen LogP contribution in [0.4, 0.5) is 0 Å². The summed E-state index contributed by atoms with van der Waals surface area (Å²) in [6.07, 6.45) is 5.85. The summed E-state index contributed by atoms with van der Waals surface area (Å²) >= 11 is 0. The van der Waals surface area contributed by atoms with Crippen molar-refractivity contribution in [1.82, 2.24) is 10.6 Å². The summed E-state index contributed by atoms with van der Waals surface area (Å²) < 4.78 is 16.6. The van der Waals surface area contributed by atoms with E-state index in [1.165, 1.54) is 12.8 Å². The lowest BCUT2D eigenvalue weighted by Gasteiger charge is -2.12. The maximum atomic E-state index is 5.69. The van der Waals surface area contributed by atoms with Gasteiger partial charge in [-0.25, -0.2) is 0 Å². The number of ether oxygens (including phenoxy) is 3. The molecule has 6 nitrogen and oxygen atoms in total. The van der Waals surface area contributed by atoms with Crippen LogP contribution in [0.2, 0.25) is 0 Å². The summed E-state index contributed by atoms with van der Waals surface area (Å²) in [5.41, 5.74) is 0. The zero-order valence-corrected chi connectivity index (χ0v) is 17.3. The molecule has 1 saturated carbocycles. The standard InChI is InChI=1S/C17H33N3O3.HI/c1-18-17(19-7-2-9-21-12-15-4-5-15)20-8-3-10-22-13-16-6-11-23-14-16;/h15-16H,2-14H2,1H3,(H2,18,19,20);1H. The van der Waals surface area contributed by atoms with Gasteiger partial charge >= 0.3 is 0 Å². The zero-order chi connectivity index (χ0) is 16.2. The molecule has 1 aliphatic carbocycles. The first-order chi connectivity index (χ1) is 11.4. The molecule has 0 bridgehead atoms. The SMILES string of the molecule is CN=C(NCCCOCC1CC1)NCCCOCC1CCOC1.I. The second kappa shape index (κ2) is 14.1. The number of rotatable bonds is 12. The van der Waals surface area contributed by atoms with Gasteiger partial charge in [0.2, 0.25) is 0 Å². The molecule has 0 aromatic rings. The molecule has 2 rings (SSSR count). The molecule has 2 N–H and O–H groups in total. The largest absolute Gasteiger partial charge is 0.381 e.